The van der Waals surface area contributed by atoms with Crippen LogP contribution in [0.4, 0.5) is 0 Å². The molecule has 1 aliphatic rings. The molecule has 1 saturated carbocycles. The molecule has 0 unspecified atom stereocenters. The van der Waals surface area contributed by atoms with E-state index in [1.165, 1.54) is 44.1 Å². The highest BCUT2D eigenvalue weighted by atomic mass is 32.2. The number of rotatable bonds is 14. The molecule has 196 valence electrons. The van der Waals surface area contributed by atoms with Gasteiger partial charge in [0, 0.05) is 18.4 Å². The summed E-state index contributed by atoms with van der Waals surface area (Å²) in [5.74, 6) is 2.20. The molecule has 0 atom stereocenters. The van der Waals surface area contributed by atoms with E-state index in [4.69, 9.17) is 14.2 Å². The lowest BCUT2D eigenvalue weighted by Crippen LogP contribution is -2.13. The maximum Gasteiger partial charge on any atom is 0.343 e. The van der Waals surface area contributed by atoms with Crippen LogP contribution in [0.5, 0.6) is 11.5 Å². The number of hydrogen-bond acceptors (Lipinski definition) is 6. The summed E-state index contributed by atoms with van der Waals surface area (Å²) in [5, 5.41) is 0.939. The molecule has 7 heteroatoms. The zero-order chi connectivity index (χ0) is 25.8. The molecule has 3 rings (SSSR count). The van der Waals surface area contributed by atoms with E-state index < -0.39 is 15.8 Å². The molecule has 1 aliphatic carbocycles. The first kappa shape index (κ1) is 27.9. The molecule has 1 fully saturated rings. The van der Waals surface area contributed by atoms with Gasteiger partial charge in [-0.25, -0.2) is 13.2 Å². The van der Waals surface area contributed by atoms with Gasteiger partial charge in [0.1, 0.15) is 11.5 Å². The second kappa shape index (κ2) is 14.2. The second-order valence-electron chi connectivity index (χ2n) is 9.34. The third-order valence-corrected chi connectivity index (χ3v) is 7.91. The van der Waals surface area contributed by atoms with Gasteiger partial charge in [-0.05, 0) is 79.5 Å². The van der Waals surface area contributed by atoms with Crippen molar-refractivity contribution in [3.05, 3.63) is 71.6 Å². The molecule has 2 aromatic carbocycles. The first-order valence-electron chi connectivity index (χ1n) is 12.9. The summed E-state index contributed by atoms with van der Waals surface area (Å²) in [6, 6.07) is 14.8. The predicted molar refractivity (Wildman–Crippen MR) is 142 cm³/mol. The third kappa shape index (κ3) is 9.10. The minimum absolute atomic E-state index is 0.0703. The lowest BCUT2D eigenvalue weighted by molar-refractivity contribution is 0.0734. The summed E-state index contributed by atoms with van der Waals surface area (Å²) in [6.45, 7) is 6.48. The van der Waals surface area contributed by atoms with Crippen molar-refractivity contribution in [2.45, 2.75) is 57.8 Å². The number of ether oxygens (including phenoxy) is 3. The van der Waals surface area contributed by atoms with Gasteiger partial charge in [0.15, 0.2) is 9.84 Å². The first-order valence-corrected chi connectivity index (χ1v) is 14.6. The van der Waals surface area contributed by atoms with Crippen LogP contribution in [0.3, 0.4) is 0 Å². The van der Waals surface area contributed by atoms with Crippen molar-refractivity contribution >= 4 is 15.8 Å². The zero-order valence-corrected chi connectivity index (χ0v) is 22.0. The van der Waals surface area contributed by atoms with Crippen molar-refractivity contribution in [3.8, 4) is 11.5 Å². The quantitative estimate of drug-likeness (QED) is 0.167. The number of hydrogen-bond donors (Lipinski definition) is 0. The number of benzene rings is 2. The molecule has 0 bridgehead atoms. The minimum Gasteiger partial charge on any atom is -0.494 e. The summed E-state index contributed by atoms with van der Waals surface area (Å²) in [4.78, 5) is 12.5. The van der Waals surface area contributed by atoms with Gasteiger partial charge in [-0.15, -0.1) is 0 Å². The van der Waals surface area contributed by atoms with Gasteiger partial charge in [0.2, 0.25) is 0 Å². The van der Waals surface area contributed by atoms with Gasteiger partial charge in [-0.2, -0.15) is 0 Å². The fourth-order valence-corrected chi connectivity index (χ4v) is 5.08. The Morgan fingerprint density at radius 2 is 1.61 bits per heavy atom. The summed E-state index contributed by atoms with van der Waals surface area (Å²) in [6.07, 6.45) is 8.34. The van der Waals surface area contributed by atoms with E-state index in [0.717, 1.165) is 11.3 Å². The molecule has 0 spiro atoms. The van der Waals surface area contributed by atoms with E-state index in [-0.39, 0.29) is 12.4 Å². The van der Waals surface area contributed by atoms with Crippen LogP contribution in [0.25, 0.3) is 0 Å². The maximum atomic E-state index is 12.5. The third-order valence-electron chi connectivity index (χ3n) is 6.66. The van der Waals surface area contributed by atoms with Gasteiger partial charge >= 0.3 is 5.97 Å². The van der Waals surface area contributed by atoms with Crippen LogP contribution in [0.2, 0.25) is 0 Å². The van der Waals surface area contributed by atoms with E-state index in [1.807, 2.05) is 12.1 Å². The van der Waals surface area contributed by atoms with Crippen LogP contribution in [-0.2, 0) is 14.6 Å². The molecule has 0 saturated heterocycles. The Labute approximate surface area is 215 Å². The van der Waals surface area contributed by atoms with E-state index in [0.29, 0.717) is 42.6 Å². The lowest BCUT2D eigenvalue weighted by Gasteiger charge is -2.28. The molecule has 0 aliphatic heterocycles. The Hall–Kier alpha value is -2.64. The molecule has 0 amide bonds. The van der Waals surface area contributed by atoms with Crippen LogP contribution in [0.1, 0.15) is 73.7 Å². The Morgan fingerprint density at radius 3 is 2.25 bits per heavy atom. The van der Waals surface area contributed by atoms with Crippen molar-refractivity contribution in [1.82, 2.24) is 0 Å². The summed E-state index contributed by atoms with van der Waals surface area (Å²) >= 11 is 0. The van der Waals surface area contributed by atoms with Gasteiger partial charge in [-0.1, -0.05) is 38.5 Å². The lowest BCUT2D eigenvalue weighted by atomic mass is 9.77. The van der Waals surface area contributed by atoms with Gasteiger partial charge in [0.05, 0.1) is 24.5 Å². The SMILES string of the molecule is C=CS(=O)(=O)CCOCCCOc1ccc(C(=O)Oc2ccc(C3CCC(CCC)CC3)cc2)cc1. The molecule has 6 nitrogen and oxygen atoms in total. The largest absolute Gasteiger partial charge is 0.494 e. The van der Waals surface area contributed by atoms with E-state index >= 15 is 0 Å². The zero-order valence-electron chi connectivity index (χ0n) is 21.2. The fourth-order valence-electron chi connectivity index (χ4n) is 4.57. The number of esters is 1. The average Bonchev–Trinajstić information content (AvgIpc) is 2.89. The van der Waals surface area contributed by atoms with E-state index in [9.17, 15) is 13.2 Å². The maximum absolute atomic E-state index is 12.5. The average molecular weight is 515 g/mol. The highest BCUT2D eigenvalue weighted by molar-refractivity contribution is 7.94. The molecule has 0 radical (unpaired) electrons. The highest BCUT2D eigenvalue weighted by Gasteiger charge is 2.22. The second-order valence-corrected chi connectivity index (χ2v) is 11.4. The topological polar surface area (TPSA) is 78.9 Å². The Bertz CT molecular complexity index is 1050. The van der Waals surface area contributed by atoms with Crippen molar-refractivity contribution in [2.24, 2.45) is 5.92 Å². The summed E-state index contributed by atoms with van der Waals surface area (Å²) in [7, 11) is -3.23. The molecule has 0 heterocycles. The first-order chi connectivity index (χ1) is 17.4. The molecular weight excluding hydrogens is 476 g/mol. The Morgan fingerprint density at radius 1 is 0.944 bits per heavy atom. The fraction of sp³-hybridized carbons (Fsp3) is 0.483. The van der Waals surface area contributed by atoms with Crippen molar-refractivity contribution in [3.63, 3.8) is 0 Å². The molecule has 0 N–H and O–H groups in total. The summed E-state index contributed by atoms with van der Waals surface area (Å²) < 4.78 is 39.1. The number of sulfone groups is 1. The van der Waals surface area contributed by atoms with E-state index in [1.54, 1.807) is 24.3 Å². The van der Waals surface area contributed by atoms with Crippen LogP contribution >= 0.6 is 0 Å². The number of carbonyl (C=O) groups excluding carboxylic acids is 1. The Balaban J connectivity index is 1.37. The molecular formula is C29H38O6S. The van der Waals surface area contributed by atoms with Crippen LogP contribution in [0, 0.1) is 5.92 Å². The van der Waals surface area contributed by atoms with Crippen molar-refractivity contribution < 1.29 is 27.4 Å². The highest BCUT2D eigenvalue weighted by Crippen LogP contribution is 2.37. The smallest absolute Gasteiger partial charge is 0.343 e. The minimum atomic E-state index is -3.23. The standard InChI is InChI=1S/C29H38O6S/c1-3-6-23-7-9-24(10-8-23)25-11-17-28(18-12-25)35-29(30)26-13-15-27(16-14-26)34-20-5-19-33-21-22-36(31,32)4-2/h4,11-18,23-24H,2-3,5-10,19-22H2,1H3. The van der Waals surface area contributed by atoms with E-state index in [2.05, 4.69) is 25.6 Å². The van der Waals surface area contributed by atoms with Crippen LogP contribution < -0.4 is 9.47 Å². The van der Waals surface area contributed by atoms with Crippen LogP contribution in [-0.4, -0.2) is 40.0 Å². The predicted octanol–water partition coefficient (Wildman–Crippen LogP) is 6.32. The van der Waals surface area contributed by atoms with Gasteiger partial charge < -0.3 is 14.2 Å². The van der Waals surface area contributed by atoms with Crippen molar-refractivity contribution in [1.29, 1.82) is 0 Å². The van der Waals surface area contributed by atoms with Crippen LogP contribution in [0.15, 0.2) is 60.5 Å². The Kier molecular flexibility index (Phi) is 11.0. The number of carbonyl (C=O) groups is 1. The summed E-state index contributed by atoms with van der Waals surface area (Å²) in [5.41, 5.74) is 1.78. The molecule has 36 heavy (non-hydrogen) atoms. The van der Waals surface area contributed by atoms with Gasteiger partial charge in [0.25, 0.3) is 0 Å². The van der Waals surface area contributed by atoms with Gasteiger partial charge in [-0.3, -0.25) is 0 Å². The van der Waals surface area contributed by atoms with Crippen molar-refractivity contribution in [2.75, 3.05) is 25.6 Å². The normalized spacial score (nSPS) is 17.9. The molecule has 2 aromatic rings. The molecule has 0 aromatic heterocycles. The monoisotopic (exact) mass is 514 g/mol.